The summed E-state index contributed by atoms with van der Waals surface area (Å²) in [5.74, 6) is -0.345. The van der Waals surface area contributed by atoms with Gasteiger partial charge in [-0.25, -0.2) is 0 Å². The number of carbonyl (C=O) groups is 1. The summed E-state index contributed by atoms with van der Waals surface area (Å²) in [6.45, 7) is -0.600. The number of carbonyl (C=O) groups excluding carboxylic acids is 1. The summed E-state index contributed by atoms with van der Waals surface area (Å²) in [7, 11) is 0. The first kappa shape index (κ1) is 11.7. The maximum absolute atomic E-state index is 12.5. The van der Waals surface area contributed by atoms with Gasteiger partial charge >= 0.3 is 6.18 Å². The molecule has 0 aromatic carbocycles. The quantitative estimate of drug-likeness (QED) is 0.747. The van der Waals surface area contributed by atoms with E-state index in [2.05, 4.69) is 0 Å². The predicted octanol–water partition coefficient (Wildman–Crippen LogP) is 1.31. The number of aliphatic hydroxyl groups is 1. The van der Waals surface area contributed by atoms with Crippen LogP contribution in [-0.4, -0.2) is 40.8 Å². The summed E-state index contributed by atoms with van der Waals surface area (Å²) in [4.78, 5) is 12.8. The molecule has 16 heavy (non-hydrogen) atoms. The molecule has 2 fully saturated rings. The van der Waals surface area contributed by atoms with Crippen molar-refractivity contribution in [1.29, 1.82) is 0 Å². The highest BCUT2D eigenvalue weighted by atomic mass is 19.4. The molecule has 1 aliphatic heterocycles. The number of hydrogen-bond acceptors (Lipinski definition) is 2. The number of rotatable bonds is 1. The Labute approximate surface area is 91.2 Å². The fraction of sp³-hybridized carbons (Fsp3) is 0.900. The fourth-order valence-corrected chi connectivity index (χ4v) is 2.13. The molecule has 2 rings (SSSR count). The van der Waals surface area contributed by atoms with Gasteiger partial charge in [-0.3, -0.25) is 4.79 Å². The molecule has 1 amide bonds. The van der Waals surface area contributed by atoms with E-state index in [1.165, 1.54) is 0 Å². The Hall–Kier alpha value is -0.780. The summed E-state index contributed by atoms with van der Waals surface area (Å²) in [6.07, 6.45) is -2.57. The van der Waals surface area contributed by atoms with E-state index >= 15 is 0 Å². The topological polar surface area (TPSA) is 40.5 Å². The second-order valence-electron chi connectivity index (χ2n) is 4.67. The number of likely N-dealkylation sites (tertiary alicyclic amines) is 1. The zero-order valence-electron chi connectivity index (χ0n) is 8.76. The zero-order valence-corrected chi connectivity index (χ0v) is 8.76. The molecule has 3 nitrogen and oxygen atoms in total. The summed E-state index contributed by atoms with van der Waals surface area (Å²) < 4.78 is 37.5. The van der Waals surface area contributed by atoms with Crippen molar-refractivity contribution in [2.24, 2.45) is 5.92 Å². The molecule has 0 aromatic heterocycles. The van der Waals surface area contributed by atoms with Crippen molar-refractivity contribution in [2.45, 2.75) is 37.5 Å². The van der Waals surface area contributed by atoms with Gasteiger partial charge in [-0.15, -0.1) is 0 Å². The molecule has 1 aliphatic carbocycles. The molecule has 1 saturated carbocycles. The third-order valence-corrected chi connectivity index (χ3v) is 3.54. The Morgan fingerprint density at radius 1 is 1.38 bits per heavy atom. The molecule has 2 aliphatic rings. The van der Waals surface area contributed by atoms with Gasteiger partial charge in [-0.2, -0.15) is 13.2 Å². The van der Waals surface area contributed by atoms with Crippen LogP contribution in [0.1, 0.15) is 25.7 Å². The molecule has 1 N–H and O–H groups in total. The third-order valence-electron chi connectivity index (χ3n) is 3.54. The molecule has 0 aromatic rings. The van der Waals surface area contributed by atoms with Crippen molar-refractivity contribution in [1.82, 2.24) is 4.90 Å². The average molecular weight is 237 g/mol. The SMILES string of the molecule is O=C(C1CCC1)N1CCC(O)(C(F)(F)F)C1. The number of hydrogen-bond donors (Lipinski definition) is 1. The molecule has 1 heterocycles. The molecular formula is C10H14F3NO2. The predicted molar refractivity (Wildman–Crippen MR) is 49.5 cm³/mol. The van der Waals surface area contributed by atoms with Crippen molar-refractivity contribution in [3.63, 3.8) is 0 Å². The normalized spacial score (nSPS) is 31.6. The largest absolute Gasteiger partial charge is 0.419 e. The molecule has 92 valence electrons. The summed E-state index contributed by atoms with van der Waals surface area (Å²) >= 11 is 0. The summed E-state index contributed by atoms with van der Waals surface area (Å²) in [6, 6.07) is 0. The first-order valence-corrected chi connectivity index (χ1v) is 5.41. The number of β-amino-alcohol motifs (C(OH)–C–C–N with tert-alkyl or cyclic N) is 1. The maximum Gasteiger partial charge on any atom is 0.419 e. The van der Waals surface area contributed by atoms with Crippen molar-refractivity contribution >= 4 is 5.91 Å². The fourth-order valence-electron chi connectivity index (χ4n) is 2.13. The van der Waals surface area contributed by atoms with Crippen molar-refractivity contribution in [3.05, 3.63) is 0 Å². The standard InChI is InChI=1S/C10H14F3NO2/c11-10(12,13)9(16)4-5-14(6-9)8(15)7-2-1-3-7/h7,16H,1-6H2. The Balaban J connectivity index is 1.99. The number of amides is 1. The molecular weight excluding hydrogens is 223 g/mol. The van der Waals surface area contributed by atoms with E-state index < -0.39 is 24.7 Å². The van der Waals surface area contributed by atoms with E-state index in [-0.39, 0.29) is 18.4 Å². The Bertz CT molecular complexity index is 301. The molecule has 0 spiro atoms. The Morgan fingerprint density at radius 2 is 2.00 bits per heavy atom. The minimum absolute atomic E-state index is 0.00530. The van der Waals surface area contributed by atoms with E-state index in [4.69, 9.17) is 0 Å². The lowest BCUT2D eigenvalue weighted by molar-refractivity contribution is -0.253. The van der Waals surface area contributed by atoms with Crippen LogP contribution >= 0.6 is 0 Å². The van der Waals surface area contributed by atoms with E-state index in [0.717, 1.165) is 24.2 Å². The lowest BCUT2D eigenvalue weighted by Gasteiger charge is -2.30. The highest BCUT2D eigenvalue weighted by molar-refractivity contribution is 5.80. The minimum Gasteiger partial charge on any atom is -0.379 e. The van der Waals surface area contributed by atoms with E-state index in [9.17, 15) is 23.1 Å². The van der Waals surface area contributed by atoms with Crippen LogP contribution in [0, 0.1) is 5.92 Å². The number of alkyl halides is 3. The van der Waals surface area contributed by atoms with Gasteiger partial charge in [-0.05, 0) is 12.8 Å². The molecule has 6 heteroatoms. The van der Waals surface area contributed by atoms with Crippen LogP contribution in [0.5, 0.6) is 0 Å². The molecule has 1 unspecified atom stereocenters. The molecule has 1 saturated heterocycles. The van der Waals surface area contributed by atoms with Gasteiger partial charge in [0.1, 0.15) is 0 Å². The molecule has 1 atom stereocenters. The van der Waals surface area contributed by atoms with Gasteiger partial charge in [0.2, 0.25) is 5.91 Å². The van der Waals surface area contributed by atoms with Gasteiger partial charge in [0.15, 0.2) is 5.60 Å². The Morgan fingerprint density at radius 3 is 2.38 bits per heavy atom. The lowest BCUT2D eigenvalue weighted by atomic mass is 9.84. The number of halogens is 3. The smallest absolute Gasteiger partial charge is 0.379 e. The van der Waals surface area contributed by atoms with Crippen molar-refractivity contribution < 1.29 is 23.1 Å². The first-order valence-electron chi connectivity index (χ1n) is 5.41. The van der Waals surface area contributed by atoms with Crippen LogP contribution in [0.25, 0.3) is 0 Å². The molecule has 0 radical (unpaired) electrons. The van der Waals surface area contributed by atoms with E-state index in [1.807, 2.05) is 0 Å². The minimum atomic E-state index is -4.65. The lowest BCUT2D eigenvalue weighted by Crippen LogP contribution is -2.49. The Kier molecular flexibility index (Phi) is 2.64. The maximum atomic E-state index is 12.5. The number of nitrogens with zero attached hydrogens (tertiary/aromatic N) is 1. The summed E-state index contributed by atoms with van der Waals surface area (Å²) in [5, 5.41) is 9.40. The van der Waals surface area contributed by atoms with E-state index in [0.29, 0.717) is 0 Å². The van der Waals surface area contributed by atoms with Crippen molar-refractivity contribution in [3.8, 4) is 0 Å². The zero-order chi connectivity index (χ0) is 12.0. The van der Waals surface area contributed by atoms with Gasteiger partial charge in [-0.1, -0.05) is 6.42 Å². The second-order valence-corrected chi connectivity index (χ2v) is 4.67. The van der Waals surface area contributed by atoms with Crippen LogP contribution in [0.2, 0.25) is 0 Å². The van der Waals surface area contributed by atoms with Crippen LogP contribution in [0.3, 0.4) is 0 Å². The van der Waals surface area contributed by atoms with Gasteiger partial charge < -0.3 is 10.0 Å². The monoisotopic (exact) mass is 237 g/mol. The van der Waals surface area contributed by atoms with Crippen LogP contribution in [0.4, 0.5) is 13.2 Å². The highest BCUT2D eigenvalue weighted by Gasteiger charge is 2.58. The first-order chi connectivity index (χ1) is 7.33. The van der Waals surface area contributed by atoms with Crippen LogP contribution < -0.4 is 0 Å². The van der Waals surface area contributed by atoms with Gasteiger partial charge in [0.25, 0.3) is 0 Å². The van der Waals surface area contributed by atoms with Gasteiger partial charge in [0.05, 0.1) is 6.54 Å². The van der Waals surface area contributed by atoms with Crippen LogP contribution in [-0.2, 0) is 4.79 Å². The molecule has 0 bridgehead atoms. The second kappa shape index (κ2) is 3.61. The van der Waals surface area contributed by atoms with Gasteiger partial charge in [0, 0.05) is 18.9 Å². The average Bonchev–Trinajstić information content (AvgIpc) is 2.44. The van der Waals surface area contributed by atoms with Crippen molar-refractivity contribution in [2.75, 3.05) is 13.1 Å². The highest BCUT2D eigenvalue weighted by Crippen LogP contribution is 2.39. The van der Waals surface area contributed by atoms with E-state index in [1.54, 1.807) is 0 Å². The third kappa shape index (κ3) is 1.79. The summed E-state index contributed by atoms with van der Waals surface area (Å²) in [5.41, 5.74) is -2.70. The van der Waals surface area contributed by atoms with Crippen LogP contribution in [0.15, 0.2) is 0 Å².